The van der Waals surface area contributed by atoms with Gasteiger partial charge in [-0.25, -0.2) is 4.79 Å². The minimum atomic E-state index is -0.517. The van der Waals surface area contributed by atoms with Crippen molar-refractivity contribution in [1.82, 2.24) is 9.13 Å². The van der Waals surface area contributed by atoms with Gasteiger partial charge in [-0.2, -0.15) is 0 Å². The number of rotatable bonds is 4. The summed E-state index contributed by atoms with van der Waals surface area (Å²) in [6, 6.07) is 9.39. The zero-order chi connectivity index (χ0) is 15.6. The van der Waals surface area contributed by atoms with Crippen molar-refractivity contribution in [3.8, 4) is 5.88 Å². The van der Waals surface area contributed by atoms with E-state index in [0.717, 1.165) is 5.56 Å². The van der Waals surface area contributed by atoms with Gasteiger partial charge < -0.3 is 5.11 Å². The van der Waals surface area contributed by atoms with Crippen LogP contribution in [0.5, 0.6) is 5.88 Å². The number of carbonyl (C=O) groups is 1. The zero-order valence-electron chi connectivity index (χ0n) is 12.5. The molecular formula is C16H20N2O3. The quantitative estimate of drug-likeness (QED) is 0.936. The van der Waals surface area contributed by atoms with Gasteiger partial charge in [0.1, 0.15) is 0 Å². The van der Waals surface area contributed by atoms with Gasteiger partial charge in [0, 0.05) is 5.41 Å². The first-order valence-electron chi connectivity index (χ1n) is 6.85. The largest absolute Gasteiger partial charge is 0.493 e. The van der Waals surface area contributed by atoms with Crippen LogP contribution in [0.15, 0.2) is 41.3 Å². The molecule has 0 bridgehead atoms. The van der Waals surface area contributed by atoms with Crippen molar-refractivity contribution in [2.75, 3.05) is 0 Å². The van der Waals surface area contributed by atoms with Gasteiger partial charge in [-0.15, -0.1) is 0 Å². The summed E-state index contributed by atoms with van der Waals surface area (Å²) in [4.78, 5) is 24.3. The second kappa shape index (κ2) is 5.60. The summed E-state index contributed by atoms with van der Waals surface area (Å²) >= 11 is 0. The standard InChI is InChI=1S/C16H20N2O3/c1-16(2,3)13(19)10-17-11-14(20)18(15(17)21)9-12-7-5-4-6-8-12/h4-8,11,20H,9-10H2,1-3H3. The number of imidazole rings is 1. The van der Waals surface area contributed by atoms with Crippen LogP contribution in [0, 0.1) is 5.41 Å². The number of Topliss-reactive ketones (excluding diaryl/α,β-unsaturated/α-hetero) is 1. The van der Waals surface area contributed by atoms with Crippen molar-refractivity contribution in [2.24, 2.45) is 5.41 Å². The summed E-state index contributed by atoms with van der Waals surface area (Å²) in [6.45, 7) is 5.67. The van der Waals surface area contributed by atoms with Crippen LogP contribution < -0.4 is 5.69 Å². The minimum absolute atomic E-state index is 0.0301. The smallest absolute Gasteiger partial charge is 0.331 e. The average Bonchev–Trinajstić information content (AvgIpc) is 2.67. The molecule has 21 heavy (non-hydrogen) atoms. The predicted molar refractivity (Wildman–Crippen MR) is 80.4 cm³/mol. The number of ketones is 1. The van der Waals surface area contributed by atoms with E-state index in [1.165, 1.54) is 15.3 Å². The summed E-state index contributed by atoms with van der Waals surface area (Å²) in [5.41, 5.74) is 0.0140. The van der Waals surface area contributed by atoms with E-state index in [1.54, 1.807) is 20.8 Å². The Morgan fingerprint density at radius 2 is 1.81 bits per heavy atom. The molecule has 1 aromatic heterocycles. The fraction of sp³-hybridized carbons (Fsp3) is 0.375. The van der Waals surface area contributed by atoms with Crippen LogP contribution in [0.2, 0.25) is 0 Å². The maximum absolute atomic E-state index is 12.3. The van der Waals surface area contributed by atoms with Gasteiger partial charge >= 0.3 is 5.69 Å². The molecule has 1 heterocycles. The monoisotopic (exact) mass is 288 g/mol. The van der Waals surface area contributed by atoms with Crippen LogP contribution in [0.3, 0.4) is 0 Å². The van der Waals surface area contributed by atoms with Crippen LogP contribution >= 0.6 is 0 Å². The van der Waals surface area contributed by atoms with Gasteiger partial charge in [0.05, 0.1) is 19.3 Å². The van der Waals surface area contributed by atoms with Crippen LogP contribution in [0.4, 0.5) is 0 Å². The first-order valence-corrected chi connectivity index (χ1v) is 6.85. The molecule has 1 aromatic carbocycles. The Kier molecular flexibility index (Phi) is 4.02. The van der Waals surface area contributed by atoms with Crippen molar-refractivity contribution in [1.29, 1.82) is 0 Å². The van der Waals surface area contributed by atoms with Crippen LogP contribution in [-0.2, 0) is 17.9 Å². The Morgan fingerprint density at radius 1 is 1.19 bits per heavy atom. The minimum Gasteiger partial charge on any atom is -0.493 e. The van der Waals surface area contributed by atoms with Gasteiger partial charge in [-0.1, -0.05) is 51.1 Å². The van der Waals surface area contributed by atoms with Crippen LogP contribution in [0.1, 0.15) is 26.3 Å². The average molecular weight is 288 g/mol. The van der Waals surface area contributed by atoms with E-state index >= 15 is 0 Å². The lowest BCUT2D eigenvalue weighted by Crippen LogP contribution is -2.31. The molecule has 0 aliphatic carbocycles. The topological polar surface area (TPSA) is 64.2 Å². The van der Waals surface area contributed by atoms with E-state index in [0.29, 0.717) is 0 Å². The molecule has 0 radical (unpaired) electrons. The van der Waals surface area contributed by atoms with Crippen molar-refractivity contribution < 1.29 is 9.90 Å². The molecule has 0 fully saturated rings. The Balaban J connectivity index is 2.26. The highest BCUT2D eigenvalue weighted by Gasteiger charge is 2.23. The number of hydrogen-bond donors (Lipinski definition) is 1. The number of aromatic hydroxyl groups is 1. The Bertz CT molecular complexity index is 691. The van der Waals surface area contributed by atoms with Crippen molar-refractivity contribution in [2.45, 2.75) is 33.9 Å². The molecule has 2 rings (SSSR count). The van der Waals surface area contributed by atoms with Gasteiger partial charge in [-0.05, 0) is 5.56 Å². The molecule has 112 valence electrons. The fourth-order valence-electron chi connectivity index (χ4n) is 1.94. The molecule has 0 saturated heterocycles. The third-order valence-electron chi connectivity index (χ3n) is 3.36. The SMILES string of the molecule is CC(C)(C)C(=O)Cn1cc(O)n(Cc2ccccc2)c1=O. The third-order valence-corrected chi connectivity index (χ3v) is 3.36. The number of nitrogens with zero attached hydrogens (tertiary/aromatic N) is 2. The maximum Gasteiger partial charge on any atom is 0.331 e. The predicted octanol–water partition coefficient (Wildman–Crippen LogP) is 2.02. The zero-order valence-corrected chi connectivity index (χ0v) is 12.5. The lowest BCUT2D eigenvalue weighted by molar-refractivity contribution is -0.126. The Morgan fingerprint density at radius 3 is 2.38 bits per heavy atom. The molecule has 0 unspecified atom stereocenters. The Labute approximate surface area is 123 Å². The van der Waals surface area contributed by atoms with Gasteiger partial charge in [0.15, 0.2) is 5.78 Å². The van der Waals surface area contributed by atoms with E-state index in [4.69, 9.17) is 0 Å². The van der Waals surface area contributed by atoms with E-state index in [2.05, 4.69) is 0 Å². The number of aromatic nitrogens is 2. The van der Waals surface area contributed by atoms with E-state index in [-0.39, 0.29) is 30.4 Å². The summed E-state index contributed by atoms with van der Waals surface area (Å²) in [5.74, 6) is -0.188. The van der Waals surface area contributed by atoms with Gasteiger partial charge in [0.25, 0.3) is 0 Å². The van der Waals surface area contributed by atoms with Crippen LogP contribution in [0.25, 0.3) is 0 Å². The van der Waals surface area contributed by atoms with E-state index in [1.807, 2.05) is 30.3 Å². The second-order valence-electron chi connectivity index (χ2n) is 6.14. The second-order valence-corrected chi connectivity index (χ2v) is 6.14. The molecule has 0 aliphatic rings. The molecule has 5 heteroatoms. The van der Waals surface area contributed by atoms with E-state index < -0.39 is 5.41 Å². The summed E-state index contributed by atoms with van der Waals surface area (Å²) in [5, 5.41) is 9.92. The Hall–Kier alpha value is -2.30. The number of hydrogen-bond acceptors (Lipinski definition) is 3. The van der Waals surface area contributed by atoms with Crippen LogP contribution in [-0.4, -0.2) is 20.0 Å². The number of carbonyl (C=O) groups excluding carboxylic acids is 1. The van der Waals surface area contributed by atoms with Crippen molar-refractivity contribution >= 4 is 5.78 Å². The highest BCUT2D eigenvalue weighted by Crippen LogP contribution is 2.16. The summed E-state index contributed by atoms with van der Waals surface area (Å²) in [6.07, 6.45) is 1.31. The molecule has 0 saturated carbocycles. The molecule has 0 spiro atoms. The molecule has 2 aromatic rings. The highest BCUT2D eigenvalue weighted by molar-refractivity contribution is 5.83. The third kappa shape index (κ3) is 3.42. The first kappa shape index (κ1) is 15.1. The summed E-state index contributed by atoms with van der Waals surface area (Å²) in [7, 11) is 0. The van der Waals surface area contributed by atoms with Crippen molar-refractivity contribution in [3.05, 3.63) is 52.6 Å². The highest BCUT2D eigenvalue weighted by atomic mass is 16.3. The van der Waals surface area contributed by atoms with Gasteiger partial charge in [0.2, 0.25) is 5.88 Å². The maximum atomic E-state index is 12.3. The molecule has 1 N–H and O–H groups in total. The lowest BCUT2D eigenvalue weighted by Gasteiger charge is -2.16. The number of benzene rings is 1. The van der Waals surface area contributed by atoms with Gasteiger partial charge in [-0.3, -0.25) is 13.9 Å². The molecule has 5 nitrogen and oxygen atoms in total. The fourth-order valence-corrected chi connectivity index (χ4v) is 1.94. The van der Waals surface area contributed by atoms with E-state index in [9.17, 15) is 14.7 Å². The molecule has 0 amide bonds. The lowest BCUT2D eigenvalue weighted by atomic mass is 9.91. The first-order chi connectivity index (χ1) is 9.79. The molecular weight excluding hydrogens is 268 g/mol. The summed E-state index contributed by atoms with van der Waals surface area (Å²) < 4.78 is 2.51. The molecule has 0 atom stereocenters. The normalized spacial score (nSPS) is 11.6. The molecule has 0 aliphatic heterocycles. The van der Waals surface area contributed by atoms with Crippen molar-refractivity contribution in [3.63, 3.8) is 0 Å².